The van der Waals surface area contributed by atoms with Gasteiger partial charge in [0.15, 0.2) is 0 Å². The number of hydrogen-bond donors (Lipinski definition) is 1. The standard InChI is InChI=1S/C8H3F3INS/c9-8(10,11)7-4(3-13)1-5(12)2-6(7)14/h1-2,14H. The quantitative estimate of drug-likeness (QED) is 0.572. The molecule has 0 radical (unpaired) electrons. The highest BCUT2D eigenvalue weighted by atomic mass is 127. The number of nitrogens with zero attached hydrogens (tertiary/aromatic N) is 1. The van der Waals surface area contributed by atoms with Gasteiger partial charge < -0.3 is 0 Å². The van der Waals surface area contributed by atoms with Crippen molar-refractivity contribution in [2.24, 2.45) is 0 Å². The van der Waals surface area contributed by atoms with Crippen LogP contribution in [0.2, 0.25) is 0 Å². The maximum Gasteiger partial charge on any atom is 0.418 e. The molecule has 74 valence electrons. The molecule has 0 atom stereocenters. The minimum absolute atomic E-state index is 0.221. The van der Waals surface area contributed by atoms with Crippen LogP contribution in [0.5, 0.6) is 0 Å². The second-order valence-corrected chi connectivity index (χ2v) is 4.18. The molecule has 0 N–H and O–H groups in total. The molecule has 0 aliphatic rings. The normalized spacial score (nSPS) is 11.1. The van der Waals surface area contributed by atoms with Gasteiger partial charge in [0.1, 0.15) is 0 Å². The zero-order chi connectivity index (χ0) is 10.9. The van der Waals surface area contributed by atoms with Crippen LogP contribution in [0.3, 0.4) is 0 Å². The Morgan fingerprint density at radius 3 is 2.36 bits per heavy atom. The third-order valence-corrected chi connectivity index (χ3v) is 2.46. The maximum atomic E-state index is 12.4. The van der Waals surface area contributed by atoms with Gasteiger partial charge in [-0.2, -0.15) is 18.4 Å². The van der Waals surface area contributed by atoms with Crippen molar-refractivity contribution in [3.8, 4) is 6.07 Å². The lowest BCUT2D eigenvalue weighted by atomic mass is 10.1. The van der Waals surface area contributed by atoms with E-state index < -0.39 is 17.3 Å². The van der Waals surface area contributed by atoms with Crippen molar-refractivity contribution >= 4 is 35.2 Å². The third kappa shape index (κ3) is 2.33. The molecule has 6 heteroatoms. The van der Waals surface area contributed by atoms with Gasteiger partial charge in [0, 0.05) is 8.47 Å². The van der Waals surface area contributed by atoms with Gasteiger partial charge in [-0.3, -0.25) is 0 Å². The summed E-state index contributed by atoms with van der Waals surface area (Å²) in [6.45, 7) is 0. The van der Waals surface area contributed by atoms with Gasteiger partial charge >= 0.3 is 6.18 Å². The summed E-state index contributed by atoms with van der Waals surface area (Å²) in [5, 5.41) is 8.54. The van der Waals surface area contributed by atoms with Crippen molar-refractivity contribution in [3.63, 3.8) is 0 Å². The number of rotatable bonds is 0. The van der Waals surface area contributed by atoms with E-state index in [1.807, 2.05) is 22.6 Å². The molecule has 0 saturated carbocycles. The number of hydrogen-bond acceptors (Lipinski definition) is 2. The van der Waals surface area contributed by atoms with Crippen LogP contribution in [-0.4, -0.2) is 0 Å². The summed E-state index contributed by atoms with van der Waals surface area (Å²) in [7, 11) is 0. The van der Waals surface area contributed by atoms with Gasteiger partial charge in [-0.1, -0.05) is 0 Å². The topological polar surface area (TPSA) is 23.8 Å². The molecule has 0 fully saturated rings. The van der Waals surface area contributed by atoms with Crippen LogP contribution in [0.1, 0.15) is 11.1 Å². The average molecular weight is 329 g/mol. The van der Waals surface area contributed by atoms with E-state index in [1.54, 1.807) is 0 Å². The van der Waals surface area contributed by atoms with E-state index >= 15 is 0 Å². The minimum atomic E-state index is -4.54. The Bertz CT molecular complexity index is 408. The first-order valence-corrected chi connectivity index (χ1v) is 4.88. The molecule has 1 rings (SSSR count). The zero-order valence-corrected chi connectivity index (χ0v) is 9.61. The molecule has 0 bridgehead atoms. The average Bonchev–Trinajstić information content (AvgIpc) is 1.99. The molecule has 0 amide bonds. The number of alkyl halides is 3. The number of halogens is 4. The summed E-state index contributed by atoms with van der Waals surface area (Å²) in [6, 6.07) is 3.96. The minimum Gasteiger partial charge on any atom is -0.192 e. The molecule has 0 aliphatic heterocycles. The van der Waals surface area contributed by atoms with Crippen LogP contribution in [0.25, 0.3) is 0 Å². The number of nitriles is 1. The van der Waals surface area contributed by atoms with E-state index in [0.717, 1.165) is 0 Å². The molecule has 1 aromatic rings. The van der Waals surface area contributed by atoms with Crippen LogP contribution in [0.15, 0.2) is 17.0 Å². The monoisotopic (exact) mass is 329 g/mol. The van der Waals surface area contributed by atoms with Crippen LogP contribution in [-0.2, 0) is 6.18 Å². The first-order chi connectivity index (χ1) is 6.36. The SMILES string of the molecule is N#Cc1cc(I)cc(S)c1C(F)(F)F. The Hall–Kier alpha value is -0.420. The fraction of sp³-hybridized carbons (Fsp3) is 0.125. The lowest BCUT2D eigenvalue weighted by Crippen LogP contribution is -2.09. The van der Waals surface area contributed by atoms with Crippen LogP contribution in [0, 0.1) is 14.9 Å². The fourth-order valence-electron chi connectivity index (χ4n) is 0.979. The smallest absolute Gasteiger partial charge is 0.192 e. The predicted octanol–water partition coefficient (Wildman–Crippen LogP) is 3.47. The highest BCUT2D eigenvalue weighted by Crippen LogP contribution is 2.36. The molecule has 1 nitrogen and oxygen atoms in total. The van der Waals surface area contributed by atoms with Gasteiger partial charge in [0.25, 0.3) is 0 Å². The summed E-state index contributed by atoms with van der Waals surface area (Å²) in [5.74, 6) is 0. The van der Waals surface area contributed by atoms with Crippen LogP contribution in [0.4, 0.5) is 13.2 Å². The summed E-state index contributed by atoms with van der Waals surface area (Å²) >= 11 is 5.54. The molecule has 14 heavy (non-hydrogen) atoms. The van der Waals surface area contributed by atoms with Crippen molar-refractivity contribution in [1.29, 1.82) is 5.26 Å². The summed E-state index contributed by atoms with van der Waals surface area (Å²) in [5.41, 5.74) is -1.36. The van der Waals surface area contributed by atoms with E-state index in [-0.39, 0.29) is 4.90 Å². The lowest BCUT2D eigenvalue weighted by Gasteiger charge is -2.11. The first-order valence-electron chi connectivity index (χ1n) is 3.36. The Labute approximate surface area is 97.5 Å². The molecular formula is C8H3F3INS. The molecular weight excluding hydrogens is 326 g/mol. The lowest BCUT2D eigenvalue weighted by molar-refractivity contribution is -0.139. The molecule has 0 saturated heterocycles. The van der Waals surface area contributed by atoms with Gasteiger partial charge in [-0.15, -0.1) is 12.6 Å². The van der Waals surface area contributed by atoms with Crippen molar-refractivity contribution < 1.29 is 13.2 Å². The van der Waals surface area contributed by atoms with Gasteiger partial charge in [0.2, 0.25) is 0 Å². The maximum absolute atomic E-state index is 12.4. The highest BCUT2D eigenvalue weighted by molar-refractivity contribution is 14.1. The molecule has 0 heterocycles. The molecule has 0 unspecified atom stereocenters. The molecule has 0 spiro atoms. The van der Waals surface area contributed by atoms with Crippen LogP contribution >= 0.6 is 35.2 Å². The van der Waals surface area contributed by atoms with Crippen LogP contribution < -0.4 is 0 Å². The van der Waals surface area contributed by atoms with E-state index in [9.17, 15) is 13.2 Å². The van der Waals surface area contributed by atoms with Crippen molar-refractivity contribution in [2.45, 2.75) is 11.1 Å². The number of thiol groups is 1. The second kappa shape index (κ2) is 3.98. The Morgan fingerprint density at radius 1 is 1.36 bits per heavy atom. The van der Waals surface area contributed by atoms with E-state index in [2.05, 4.69) is 12.6 Å². The van der Waals surface area contributed by atoms with E-state index in [1.165, 1.54) is 18.2 Å². The molecule has 0 aliphatic carbocycles. The predicted molar refractivity (Wildman–Crippen MR) is 56.1 cm³/mol. The summed E-state index contributed by atoms with van der Waals surface area (Å²) in [4.78, 5) is -0.221. The van der Waals surface area contributed by atoms with Crippen molar-refractivity contribution in [3.05, 3.63) is 26.8 Å². The van der Waals surface area contributed by atoms with E-state index in [0.29, 0.717) is 3.57 Å². The third-order valence-electron chi connectivity index (χ3n) is 1.49. The van der Waals surface area contributed by atoms with Crippen molar-refractivity contribution in [1.82, 2.24) is 0 Å². The molecule has 1 aromatic carbocycles. The molecule has 0 aromatic heterocycles. The number of benzene rings is 1. The summed E-state index contributed by atoms with van der Waals surface area (Å²) in [6.07, 6.45) is -4.54. The first kappa shape index (κ1) is 11.7. The Balaban J connectivity index is 3.51. The second-order valence-electron chi connectivity index (χ2n) is 2.46. The Kier molecular flexibility index (Phi) is 3.32. The van der Waals surface area contributed by atoms with E-state index in [4.69, 9.17) is 5.26 Å². The largest absolute Gasteiger partial charge is 0.418 e. The van der Waals surface area contributed by atoms with Gasteiger partial charge in [-0.25, -0.2) is 0 Å². The van der Waals surface area contributed by atoms with Gasteiger partial charge in [-0.05, 0) is 34.7 Å². The van der Waals surface area contributed by atoms with Crippen molar-refractivity contribution in [2.75, 3.05) is 0 Å². The zero-order valence-electron chi connectivity index (χ0n) is 6.56. The van der Waals surface area contributed by atoms with Gasteiger partial charge in [0.05, 0.1) is 17.2 Å². The summed E-state index contributed by atoms with van der Waals surface area (Å²) < 4.78 is 37.8. The Morgan fingerprint density at radius 2 is 1.93 bits per heavy atom. The fourth-order valence-corrected chi connectivity index (χ4v) is 2.23. The highest BCUT2D eigenvalue weighted by Gasteiger charge is 2.35.